The minimum Gasteiger partial charge on any atom is -0.353 e. The monoisotopic (exact) mass is 237 g/mol. The molecule has 0 radical (unpaired) electrons. The van der Waals surface area contributed by atoms with Gasteiger partial charge in [-0.1, -0.05) is 0 Å². The van der Waals surface area contributed by atoms with Crippen LogP contribution >= 0.6 is 0 Å². The molecular weight excluding hydrogens is 222 g/mol. The van der Waals surface area contributed by atoms with Crippen molar-refractivity contribution in [1.29, 1.82) is 0 Å². The summed E-state index contributed by atoms with van der Waals surface area (Å²) < 4.78 is 0. The van der Waals surface area contributed by atoms with Gasteiger partial charge in [0.15, 0.2) is 5.69 Å². The molecule has 0 aliphatic carbocycles. The van der Waals surface area contributed by atoms with Crippen LogP contribution in [0.4, 0.5) is 0 Å². The van der Waals surface area contributed by atoms with E-state index in [2.05, 4.69) is 20.7 Å². The lowest BCUT2D eigenvalue weighted by Crippen LogP contribution is -2.46. The number of aromatic amines is 1. The molecular formula is C10H15N5O2. The summed E-state index contributed by atoms with van der Waals surface area (Å²) in [5.41, 5.74) is 0.336. The van der Waals surface area contributed by atoms with Crippen molar-refractivity contribution in [2.75, 3.05) is 13.1 Å². The minimum atomic E-state index is -0.111. The highest BCUT2D eigenvalue weighted by Gasteiger charge is 2.24. The molecule has 1 fully saturated rings. The van der Waals surface area contributed by atoms with Crippen molar-refractivity contribution in [3.8, 4) is 0 Å². The zero-order chi connectivity index (χ0) is 12.3. The number of nitrogens with zero attached hydrogens (tertiary/aromatic N) is 3. The van der Waals surface area contributed by atoms with Gasteiger partial charge in [0.1, 0.15) is 0 Å². The number of rotatable bonds is 2. The molecule has 2 amide bonds. The Morgan fingerprint density at radius 2 is 2.18 bits per heavy atom. The summed E-state index contributed by atoms with van der Waals surface area (Å²) >= 11 is 0. The van der Waals surface area contributed by atoms with E-state index in [1.54, 1.807) is 4.90 Å². The summed E-state index contributed by atoms with van der Waals surface area (Å²) in [6.07, 6.45) is 2.98. The number of piperidine rings is 1. The standard InChI is InChI=1S/C10H15N5O2/c1-7(16)12-8-2-4-15(5-3-8)10(17)9-6-11-14-13-9/h6,8H,2-5H2,1H3,(H,12,16)(H,11,13,14). The smallest absolute Gasteiger partial charge is 0.276 e. The number of hydrogen-bond acceptors (Lipinski definition) is 4. The molecule has 1 aromatic heterocycles. The molecule has 0 saturated carbocycles. The van der Waals surface area contributed by atoms with Gasteiger partial charge in [-0.05, 0) is 12.8 Å². The van der Waals surface area contributed by atoms with Crippen LogP contribution in [0.3, 0.4) is 0 Å². The Labute approximate surface area is 98.6 Å². The maximum atomic E-state index is 11.9. The van der Waals surface area contributed by atoms with Gasteiger partial charge in [-0.2, -0.15) is 15.4 Å². The Morgan fingerprint density at radius 1 is 1.47 bits per heavy atom. The third kappa shape index (κ3) is 2.80. The number of hydrogen-bond donors (Lipinski definition) is 2. The average Bonchev–Trinajstić information content (AvgIpc) is 2.82. The van der Waals surface area contributed by atoms with Gasteiger partial charge in [-0.25, -0.2) is 0 Å². The highest BCUT2D eigenvalue weighted by atomic mass is 16.2. The fourth-order valence-electron chi connectivity index (χ4n) is 1.98. The summed E-state index contributed by atoms with van der Waals surface area (Å²) in [5, 5.41) is 12.7. The first-order valence-corrected chi connectivity index (χ1v) is 5.59. The second kappa shape index (κ2) is 4.94. The van der Waals surface area contributed by atoms with Gasteiger partial charge in [-0.3, -0.25) is 9.59 Å². The molecule has 1 aliphatic rings. The van der Waals surface area contributed by atoms with Gasteiger partial charge in [0.25, 0.3) is 5.91 Å². The highest BCUT2D eigenvalue weighted by Crippen LogP contribution is 2.12. The molecule has 1 aromatic rings. The van der Waals surface area contributed by atoms with Crippen molar-refractivity contribution in [3.05, 3.63) is 11.9 Å². The quantitative estimate of drug-likeness (QED) is 0.728. The molecule has 92 valence electrons. The van der Waals surface area contributed by atoms with E-state index in [9.17, 15) is 9.59 Å². The lowest BCUT2D eigenvalue weighted by Gasteiger charge is -2.31. The van der Waals surface area contributed by atoms with E-state index in [0.29, 0.717) is 18.8 Å². The first-order chi connectivity index (χ1) is 8.16. The molecule has 0 unspecified atom stereocenters. The summed E-state index contributed by atoms with van der Waals surface area (Å²) in [6, 6.07) is 0.175. The van der Waals surface area contributed by atoms with Crippen molar-refractivity contribution >= 4 is 11.8 Å². The van der Waals surface area contributed by atoms with E-state index in [1.165, 1.54) is 13.1 Å². The van der Waals surface area contributed by atoms with Crippen LogP contribution in [-0.4, -0.2) is 51.3 Å². The summed E-state index contributed by atoms with van der Waals surface area (Å²) in [4.78, 5) is 24.5. The predicted octanol–water partition coefficient (Wildman–Crippen LogP) is -0.455. The molecule has 0 atom stereocenters. The highest BCUT2D eigenvalue weighted by molar-refractivity contribution is 5.91. The third-order valence-corrected chi connectivity index (χ3v) is 2.82. The summed E-state index contributed by atoms with van der Waals surface area (Å²) in [5.74, 6) is -0.133. The topological polar surface area (TPSA) is 91.0 Å². The number of carbonyl (C=O) groups is 2. The fraction of sp³-hybridized carbons (Fsp3) is 0.600. The van der Waals surface area contributed by atoms with Gasteiger partial charge >= 0.3 is 0 Å². The van der Waals surface area contributed by atoms with Crippen molar-refractivity contribution < 1.29 is 9.59 Å². The van der Waals surface area contributed by atoms with Crippen molar-refractivity contribution in [2.24, 2.45) is 0 Å². The molecule has 2 N–H and O–H groups in total. The molecule has 0 spiro atoms. The minimum absolute atomic E-state index is 0.0220. The van der Waals surface area contributed by atoms with Gasteiger partial charge in [-0.15, -0.1) is 0 Å². The van der Waals surface area contributed by atoms with E-state index in [-0.39, 0.29) is 17.9 Å². The van der Waals surface area contributed by atoms with Crippen LogP contribution in [-0.2, 0) is 4.79 Å². The fourth-order valence-corrected chi connectivity index (χ4v) is 1.98. The number of aromatic nitrogens is 3. The van der Waals surface area contributed by atoms with E-state index in [0.717, 1.165) is 12.8 Å². The van der Waals surface area contributed by atoms with Crippen LogP contribution in [0.25, 0.3) is 0 Å². The largest absolute Gasteiger partial charge is 0.353 e. The first kappa shape index (κ1) is 11.6. The second-order valence-electron chi connectivity index (χ2n) is 4.12. The lowest BCUT2D eigenvalue weighted by molar-refractivity contribution is -0.119. The Balaban J connectivity index is 1.87. The number of nitrogens with one attached hydrogen (secondary N) is 2. The Morgan fingerprint density at radius 3 is 2.71 bits per heavy atom. The third-order valence-electron chi connectivity index (χ3n) is 2.82. The number of amides is 2. The summed E-state index contributed by atoms with van der Waals surface area (Å²) in [6.45, 7) is 2.78. The Kier molecular flexibility index (Phi) is 3.36. The van der Waals surface area contributed by atoms with Crippen LogP contribution in [0.2, 0.25) is 0 Å². The average molecular weight is 237 g/mol. The lowest BCUT2D eigenvalue weighted by atomic mass is 10.0. The van der Waals surface area contributed by atoms with Crippen LogP contribution < -0.4 is 5.32 Å². The second-order valence-corrected chi connectivity index (χ2v) is 4.12. The van der Waals surface area contributed by atoms with E-state index < -0.39 is 0 Å². The maximum Gasteiger partial charge on any atom is 0.276 e. The zero-order valence-corrected chi connectivity index (χ0v) is 9.64. The SMILES string of the molecule is CC(=O)NC1CCN(C(=O)c2cn[nH]n2)CC1. The summed E-state index contributed by atoms with van der Waals surface area (Å²) in [7, 11) is 0. The van der Waals surface area contributed by atoms with Gasteiger partial charge in [0.2, 0.25) is 5.91 Å². The molecule has 0 aromatic carbocycles. The molecule has 7 nitrogen and oxygen atoms in total. The first-order valence-electron chi connectivity index (χ1n) is 5.59. The Bertz CT molecular complexity index is 395. The molecule has 1 saturated heterocycles. The van der Waals surface area contributed by atoms with E-state index >= 15 is 0 Å². The van der Waals surface area contributed by atoms with Crippen molar-refractivity contribution in [1.82, 2.24) is 25.6 Å². The van der Waals surface area contributed by atoms with Crippen LogP contribution in [0.5, 0.6) is 0 Å². The van der Waals surface area contributed by atoms with E-state index in [4.69, 9.17) is 0 Å². The van der Waals surface area contributed by atoms with Gasteiger partial charge in [0, 0.05) is 26.1 Å². The molecule has 17 heavy (non-hydrogen) atoms. The van der Waals surface area contributed by atoms with Crippen LogP contribution in [0, 0.1) is 0 Å². The molecule has 1 aliphatic heterocycles. The van der Waals surface area contributed by atoms with E-state index in [1.807, 2.05) is 0 Å². The zero-order valence-electron chi connectivity index (χ0n) is 9.64. The number of carbonyl (C=O) groups excluding carboxylic acids is 2. The molecule has 2 rings (SSSR count). The molecule has 0 bridgehead atoms. The number of H-pyrrole nitrogens is 1. The van der Waals surface area contributed by atoms with Gasteiger partial charge < -0.3 is 10.2 Å². The maximum absolute atomic E-state index is 11.9. The number of likely N-dealkylation sites (tertiary alicyclic amines) is 1. The molecule has 2 heterocycles. The predicted molar refractivity (Wildman–Crippen MR) is 59.1 cm³/mol. The molecule has 7 heteroatoms. The normalized spacial score (nSPS) is 16.9. The van der Waals surface area contributed by atoms with Crippen LogP contribution in [0.15, 0.2) is 6.20 Å². The van der Waals surface area contributed by atoms with Crippen LogP contribution in [0.1, 0.15) is 30.3 Å². The van der Waals surface area contributed by atoms with Gasteiger partial charge in [0.05, 0.1) is 6.20 Å². The Hall–Kier alpha value is -1.92. The van der Waals surface area contributed by atoms with Crippen molar-refractivity contribution in [3.63, 3.8) is 0 Å². The van der Waals surface area contributed by atoms with Crippen molar-refractivity contribution in [2.45, 2.75) is 25.8 Å².